The van der Waals surface area contributed by atoms with E-state index in [1.54, 1.807) is 0 Å². The Morgan fingerprint density at radius 3 is 2.84 bits per heavy atom. The molecule has 0 bridgehead atoms. The molecule has 2 heterocycles. The van der Waals surface area contributed by atoms with E-state index < -0.39 is 0 Å². The van der Waals surface area contributed by atoms with Crippen LogP contribution < -0.4 is 10.5 Å². The molecule has 0 amide bonds. The van der Waals surface area contributed by atoms with Crippen LogP contribution in [0.15, 0.2) is 18.2 Å². The summed E-state index contributed by atoms with van der Waals surface area (Å²) in [6.45, 7) is 6.33. The number of fused-ring (bicyclic) bond motifs is 1. The third kappa shape index (κ3) is 2.32. The monoisotopic (exact) mass is 274 g/mol. The van der Waals surface area contributed by atoms with Gasteiger partial charge in [0.05, 0.1) is 5.69 Å². The zero-order valence-corrected chi connectivity index (χ0v) is 12.3. The van der Waals surface area contributed by atoms with E-state index in [0.717, 1.165) is 34.7 Å². The maximum Gasteiger partial charge on any atom is 0.180 e. The van der Waals surface area contributed by atoms with Crippen molar-refractivity contribution in [3.8, 4) is 17.0 Å². The lowest BCUT2D eigenvalue weighted by atomic mass is 9.93. The van der Waals surface area contributed by atoms with Gasteiger partial charge in [-0.2, -0.15) is 0 Å². The summed E-state index contributed by atoms with van der Waals surface area (Å²) in [6.07, 6.45) is 2.09. The van der Waals surface area contributed by atoms with Gasteiger partial charge in [0.15, 0.2) is 5.13 Å². The smallest absolute Gasteiger partial charge is 0.180 e. The summed E-state index contributed by atoms with van der Waals surface area (Å²) in [7, 11) is 0. The number of hydrogen-bond donors (Lipinski definition) is 1. The zero-order chi connectivity index (χ0) is 13.6. The van der Waals surface area contributed by atoms with Gasteiger partial charge in [-0.1, -0.05) is 0 Å². The van der Waals surface area contributed by atoms with Gasteiger partial charge >= 0.3 is 0 Å². The highest BCUT2D eigenvalue weighted by Gasteiger charge is 2.26. The lowest BCUT2D eigenvalue weighted by molar-refractivity contribution is 0.0847. The van der Waals surface area contributed by atoms with Crippen molar-refractivity contribution in [3.05, 3.63) is 28.6 Å². The predicted molar refractivity (Wildman–Crippen MR) is 79.7 cm³/mol. The molecule has 2 aromatic rings. The summed E-state index contributed by atoms with van der Waals surface area (Å²) in [6, 6.07) is 6.31. The molecule has 19 heavy (non-hydrogen) atoms. The molecule has 100 valence electrons. The standard InChI is InChI=1S/C15H18N2OS/c1-9-13(17-14(16)19-9)11-4-5-12-10(8-11)6-7-15(2,3)18-12/h4-5,8H,6-7H2,1-3H3,(H2,16,17). The molecule has 0 radical (unpaired) electrons. The van der Waals surface area contributed by atoms with E-state index in [1.807, 2.05) is 0 Å². The summed E-state index contributed by atoms with van der Waals surface area (Å²) in [5.41, 5.74) is 9.11. The van der Waals surface area contributed by atoms with Gasteiger partial charge < -0.3 is 10.5 Å². The number of nitrogen functional groups attached to an aromatic ring is 1. The van der Waals surface area contributed by atoms with Crippen molar-refractivity contribution in [3.63, 3.8) is 0 Å². The highest BCUT2D eigenvalue weighted by atomic mass is 32.1. The summed E-state index contributed by atoms with van der Waals surface area (Å²) in [5.74, 6) is 1.00. The molecule has 1 aliphatic rings. The molecule has 1 aromatic carbocycles. The Hall–Kier alpha value is -1.55. The van der Waals surface area contributed by atoms with Crippen molar-refractivity contribution in [2.45, 2.75) is 39.2 Å². The number of nitrogens with zero attached hydrogens (tertiary/aromatic N) is 1. The highest BCUT2D eigenvalue weighted by molar-refractivity contribution is 7.15. The second kappa shape index (κ2) is 4.23. The van der Waals surface area contributed by atoms with Crippen LogP contribution in [0.3, 0.4) is 0 Å². The summed E-state index contributed by atoms with van der Waals surface area (Å²) >= 11 is 1.54. The van der Waals surface area contributed by atoms with Crippen molar-refractivity contribution in [2.24, 2.45) is 0 Å². The Labute approximate surface area is 117 Å². The number of nitrogens with two attached hydrogens (primary N) is 1. The quantitative estimate of drug-likeness (QED) is 0.860. The van der Waals surface area contributed by atoms with E-state index in [4.69, 9.17) is 10.5 Å². The average molecular weight is 274 g/mol. The van der Waals surface area contributed by atoms with E-state index in [2.05, 4.69) is 44.0 Å². The maximum absolute atomic E-state index is 6.00. The molecule has 1 aromatic heterocycles. The average Bonchev–Trinajstić information content (AvgIpc) is 2.67. The van der Waals surface area contributed by atoms with Gasteiger partial charge in [-0.05, 0) is 57.4 Å². The van der Waals surface area contributed by atoms with Crippen LogP contribution in [0.2, 0.25) is 0 Å². The Morgan fingerprint density at radius 2 is 2.16 bits per heavy atom. The molecule has 0 fully saturated rings. The Kier molecular flexibility index (Phi) is 2.78. The molecule has 0 spiro atoms. The van der Waals surface area contributed by atoms with E-state index >= 15 is 0 Å². The van der Waals surface area contributed by atoms with Crippen LogP contribution in [0.5, 0.6) is 5.75 Å². The Balaban J connectivity index is 2.01. The molecule has 0 saturated heterocycles. The van der Waals surface area contributed by atoms with E-state index in [0.29, 0.717) is 5.13 Å². The molecule has 4 heteroatoms. The fourth-order valence-corrected chi connectivity index (χ4v) is 3.20. The van der Waals surface area contributed by atoms with Gasteiger partial charge in [-0.3, -0.25) is 0 Å². The minimum Gasteiger partial charge on any atom is -0.488 e. The zero-order valence-electron chi connectivity index (χ0n) is 11.5. The first kappa shape index (κ1) is 12.5. The third-order valence-corrected chi connectivity index (χ3v) is 4.33. The van der Waals surface area contributed by atoms with Crippen LogP contribution in [0.1, 0.15) is 30.7 Å². The van der Waals surface area contributed by atoms with Crippen molar-refractivity contribution in [1.29, 1.82) is 0 Å². The molecule has 3 rings (SSSR count). The fourth-order valence-electron chi connectivity index (χ4n) is 2.49. The molecule has 0 atom stereocenters. The van der Waals surface area contributed by atoms with Crippen molar-refractivity contribution in [2.75, 3.05) is 5.73 Å². The predicted octanol–water partition coefficient (Wildman–Crippen LogP) is 3.80. The van der Waals surface area contributed by atoms with E-state index in [1.165, 1.54) is 16.9 Å². The number of aromatic nitrogens is 1. The number of anilines is 1. The number of benzene rings is 1. The van der Waals surface area contributed by atoms with Gasteiger partial charge in [-0.25, -0.2) is 4.98 Å². The van der Waals surface area contributed by atoms with Crippen LogP contribution in [-0.4, -0.2) is 10.6 Å². The van der Waals surface area contributed by atoms with Crippen LogP contribution in [-0.2, 0) is 6.42 Å². The Bertz CT molecular complexity index is 631. The number of hydrogen-bond acceptors (Lipinski definition) is 4. The van der Waals surface area contributed by atoms with Crippen molar-refractivity contribution in [1.82, 2.24) is 4.98 Å². The van der Waals surface area contributed by atoms with Crippen LogP contribution in [0, 0.1) is 6.92 Å². The molecular formula is C15H18N2OS. The van der Waals surface area contributed by atoms with Gasteiger partial charge in [-0.15, -0.1) is 11.3 Å². The van der Waals surface area contributed by atoms with Gasteiger partial charge in [0.1, 0.15) is 11.4 Å². The van der Waals surface area contributed by atoms with Gasteiger partial charge in [0, 0.05) is 10.4 Å². The Morgan fingerprint density at radius 1 is 1.37 bits per heavy atom. The number of rotatable bonds is 1. The first-order valence-corrected chi connectivity index (χ1v) is 7.31. The van der Waals surface area contributed by atoms with Gasteiger partial charge in [0.2, 0.25) is 0 Å². The highest BCUT2D eigenvalue weighted by Crippen LogP contribution is 2.37. The van der Waals surface area contributed by atoms with Crippen LogP contribution in [0.25, 0.3) is 11.3 Å². The normalized spacial score (nSPS) is 16.8. The lowest BCUT2D eigenvalue weighted by Crippen LogP contribution is -2.32. The summed E-state index contributed by atoms with van der Waals surface area (Å²) < 4.78 is 6.00. The maximum atomic E-state index is 6.00. The molecule has 2 N–H and O–H groups in total. The van der Waals surface area contributed by atoms with Gasteiger partial charge in [0.25, 0.3) is 0 Å². The fraction of sp³-hybridized carbons (Fsp3) is 0.400. The molecule has 0 unspecified atom stereocenters. The van der Waals surface area contributed by atoms with E-state index in [-0.39, 0.29) is 5.60 Å². The second-order valence-corrected chi connectivity index (χ2v) is 6.88. The third-order valence-electron chi connectivity index (χ3n) is 3.53. The molecule has 0 saturated carbocycles. The largest absolute Gasteiger partial charge is 0.488 e. The summed E-state index contributed by atoms with van der Waals surface area (Å²) in [5, 5.41) is 0.627. The molecule has 0 aliphatic carbocycles. The number of thiazole rings is 1. The first-order valence-electron chi connectivity index (χ1n) is 6.50. The minimum absolute atomic E-state index is 0.0600. The van der Waals surface area contributed by atoms with E-state index in [9.17, 15) is 0 Å². The molecular weight excluding hydrogens is 256 g/mol. The van der Waals surface area contributed by atoms with Crippen LogP contribution >= 0.6 is 11.3 Å². The van der Waals surface area contributed by atoms with Crippen molar-refractivity contribution < 1.29 is 4.74 Å². The van der Waals surface area contributed by atoms with Crippen LogP contribution in [0.4, 0.5) is 5.13 Å². The number of ether oxygens (including phenoxy) is 1. The number of aryl methyl sites for hydroxylation is 2. The topological polar surface area (TPSA) is 48.1 Å². The summed E-state index contributed by atoms with van der Waals surface area (Å²) in [4.78, 5) is 5.58. The minimum atomic E-state index is -0.0600. The SMILES string of the molecule is Cc1sc(N)nc1-c1ccc2c(c1)CCC(C)(C)O2. The molecule has 1 aliphatic heterocycles. The molecule has 3 nitrogen and oxygen atoms in total. The first-order chi connectivity index (χ1) is 8.94. The lowest BCUT2D eigenvalue weighted by Gasteiger charge is -2.32. The second-order valence-electron chi connectivity index (χ2n) is 5.64. The van der Waals surface area contributed by atoms with Crippen molar-refractivity contribution >= 4 is 16.5 Å².